The van der Waals surface area contributed by atoms with E-state index in [2.05, 4.69) is 0 Å². The number of anilines is 2. The van der Waals surface area contributed by atoms with Gasteiger partial charge in [0.25, 0.3) is 0 Å². The standard InChI is InChI=1S/C8H8N2O2S3/c9-5-1-13-3-7(5)15(11,12)8-4-14-2-6(8)10/h1-4H,9-10H2. The third-order valence-electron chi connectivity index (χ3n) is 1.89. The largest absolute Gasteiger partial charge is 0.397 e. The zero-order valence-corrected chi connectivity index (χ0v) is 9.95. The van der Waals surface area contributed by atoms with Crippen molar-refractivity contribution in [3.05, 3.63) is 21.5 Å². The lowest BCUT2D eigenvalue weighted by atomic mass is 10.5. The number of hydrogen-bond acceptors (Lipinski definition) is 6. The Hall–Kier alpha value is -1.05. The van der Waals surface area contributed by atoms with Gasteiger partial charge in [0.15, 0.2) is 0 Å². The second-order valence-corrected chi connectivity index (χ2v) is 6.26. The van der Waals surface area contributed by atoms with E-state index in [1.165, 1.54) is 33.4 Å². The van der Waals surface area contributed by atoms with Crippen molar-refractivity contribution in [1.29, 1.82) is 0 Å². The predicted molar refractivity (Wildman–Crippen MR) is 62.9 cm³/mol. The van der Waals surface area contributed by atoms with Crippen LogP contribution < -0.4 is 11.5 Å². The van der Waals surface area contributed by atoms with Gasteiger partial charge >= 0.3 is 0 Å². The highest BCUT2D eigenvalue weighted by molar-refractivity contribution is 7.92. The summed E-state index contributed by atoms with van der Waals surface area (Å²) in [7, 11) is -3.54. The molecule has 0 unspecified atom stereocenters. The summed E-state index contributed by atoms with van der Waals surface area (Å²) in [5, 5.41) is 6.22. The van der Waals surface area contributed by atoms with Crippen LogP contribution in [0.5, 0.6) is 0 Å². The van der Waals surface area contributed by atoms with Crippen LogP contribution in [0.1, 0.15) is 0 Å². The van der Waals surface area contributed by atoms with Crippen molar-refractivity contribution in [2.45, 2.75) is 9.79 Å². The Morgan fingerprint density at radius 3 is 1.53 bits per heavy atom. The first-order valence-corrected chi connectivity index (χ1v) is 7.29. The molecule has 2 rings (SSSR count). The maximum Gasteiger partial charge on any atom is 0.212 e. The van der Waals surface area contributed by atoms with Gasteiger partial charge in [0.2, 0.25) is 9.84 Å². The van der Waals surface area contributed by atoms with E-state index in [1.807, 2.05) is 0 Å². The Kier molecular flexibility index (Phi) is 2.45. The molecule has 0 amide bonds. The van der Waals surface area contributed by atoms with Crippen LogP contribution in [0.2, 0.25) is 0 Å². The predicted octanol–water partition coefficient (Wildman–Crippen LogP) is 1.81. The van der Waals surface area contributed by atoms with Crippen molar-refractivity contribution >= 4 is 43.9 Å². The minimum Gasteiger partial charge on any atom is -0.397 e. The van der Waals surface area contributed by atoms with Crippen LogP contribution in [-0.2, 0) is 9.84 Å². The molecule has 0 bridgehead atoms. The number of rotatable bonds is 2. The first-order valence-electron chi connectivity index (χ1n) is 3.92. The highest BCUT2D eigenvalue weighted by Crippen LogP contribution is 2.33. The maximum atomic E-state index is 12.1. The SMILES string of the molecule is Nc1cscc1S(=O)(=O)c1cscc1N. The summed E-state index contributed by atoms with van der Waals surface area (Å²) in [5.74, 6) is 0. The molecule has 4 N–H and O–H groups in total. The molecule has 0 aliphatic carbocycles. The molecule has 0 saturated carbocycles. The third-order valence-corrected chi connectivity index (χ3v) is 5.58. The van der Waals surface area contributed by atoms with Crippen molar-refractivity contribution in [2.24, 2.45) is 0 Å². The fourth-order valence-electron chi connectivity index (χ4n) is 1.15. The maximum absolute atomic E-state index is 12.1. The summed E-state index contributed by atoms with van der Waals surface area (Å²) in [5.41, 5.74) is 11.7. The summed E-state index contributed by atoms with van der Waals surface area (Å²) in [6.07, 6.45) is 0. The average Bonchev–Trinajstić information content (AvgIpc) is 2.73. The van der Waals surface area contributed by atoms with Crippen molar-refractivity contribution < 1.29 is 8.42 Å². The second kappa shape index (κ2) is 3.51. The van der Waals surface area contributed by atoms with Gasteiger partial charge in [-0.05, 0) is 0 Å². The van der Waals surface area contributed by atoms with Crippen LogP contribution >= 0.6 is 22.7 Å². The Morgan fingerprint density at radius 2 is 1.27 bits per heavy atom. The van der Waals surface area contributed by atoms with E-state index >= 15 is 0 Å². The van der Waals surface area contributed by atoms with Gasteiger partial charge in [-0.25, -0.2) is 8.42 Å². The zero-order chi connectivity index (χ0) is 11.1. The van der Waals surface area contributed by atoms with Gasteiger partial charge in [-0.2, -0.15) is 0 Å². The molecule has 0 aromatic carbocycles. The highest BCUT2D eigenvalue weighted by Gasteiger charge is 2.24. The molecule has 2 heterocycles. The first kappa shape index (κ1) is 10.5. The minimum absolute atomic E-state index is 0.137. The molecule has 2 aromatic rings. The Bertz CT molecular complexity index is 536. The summed E-state index contributed by atoms with van der Waals surface area (Å²) < 4.78 is 24.1. The molecule has 0 fully saturated rings. The van der Waals surface area contributed by atoms with Crippen LogP contribution in [0.3, 0.4) is 0 Å². The molecule has 0 radical (unpaired) electrons. The van der Waals surface area contributed by atoms with Crippen molar-refractivity contribution in [3.8, 4) is 0 Å². The van der Waals surface area contributed by atoms with E-state index in [-0.39, 0.29) is 21.2 Å². The molecular weight excluding hydrogens is 252 g/mol. The van der Waals surface area contributed by atoms with Crippen LogP contribution in [0.4, 0.5) is 11.4 Å². The normalized spacial score (nSPS) is 11.7. The first-order chi connectivity index (χ1) is 7.03. The van der Waals surface area contributed by atoms with E-state index in [4.69, 9.17) is 11.5 Å². The summed E-state index contributed by atoms with van der Waals surface area (Å²) in [6, 6.07) is 0. The monoisotopic (exact) mass is 260 g/mol. The van der Waals surface area contributed by atoms with Gasteiger partial charge in [0.1, 0.15) is 9.79 Å². The van der Waals surface area contributed by atoms with E-state index in [9.17, 15) is 8.42 Å². The lowest BCUT2D eigenvalue weighted by molar-refractivity contribution is 0.597. The quantitative estimate of drug-likeness (QED) is 0.862. The fourth-order valence-corrected chi connectivity index (χ4v) is 4.82. The minimum atomic E-state index is -3.54. The number of thiophene rings is 2. The molecule has 2 aromatic heterocycles. The van der Waals surface area contributed by atoms with Gasteiger partial charge in [-0.3, -0.25) is 0 Å². The zero-order valence-electron chi connectivity index (χ0n) is 7.51. The lowest BCUT2D eigenvalue weighted by Gasteiger charge is -2.01. The third kappa shape index (κ3) is 1.62. The molecule has 4 nitrogen and oxygen atoms in total. The highest BCUT2D eigenvalue weighted by atomic mass is 32.2. The fraction of sp³-hybridized carbons (Fsp3) is 0. The van der Waals surface area contributed by atoms with Crippen molar-refractivity contribution in [1.82, 2.24) is 0 Å². The molecule has 80 valence electrons. The van der Waals surface area contributed by atoms with Crippen LogP contribution in [0.15, 0.2) is 31.3 Å². The molecule has 15 heavy (non-hydrogen) atoms. The number of nitrogens with two attached hydrogens (primary N) is 2. The van der Waals surface area contributed by atoms with Gasteiger partial charge in [0, 0.05) is 21.5 Å². The number of sulfone groups is 1. The Labute approximate surface area is 95.1 Å². The van der Waals surface area contributed by atoms with E-state index in [0.717, 1.165) is 0 Å². The van der Waals surface area contributed by atoms with Crippen molar-refractivity contribution in [3.63, 3.8) is 0 Å². The topological polar surface area (TPSA) is 86.2 Å². The van der Waals surface area contributed by atoms with E-state index in [1.54, 1.807) is 10.8 Å². The molecule has 0 saturated heterocycles. The summed E-state index contributed by atoms with van der Waals surface area (Å²) in [6.45, 7) is 0. The Balaban J connectivity index is 2.64. The molecular formula is C8H8N2O2S3. The van der Waals surface area contributed by atoms with Gasteiger partial charge < -0.3 is 11.5 Å². The average molecular weight is 260 g/mol. The van der Waals surface area contributed by atoms with Gasteiger partial charge in [0.05, 0.1) is 11.4 Å². The second-order valence-electron chi connectivity index (χ2n) is 2.89. The lowest BCUT2D eigenvalue weighted by Crippen LogP contribution is -2.04. The summed E-state index contributed by atoms with van der Waals surface area (Å²) >= 11 is 2.51. The Morgan fingerprint density at radius 1 is 0.867 bits per heavy atom. The van der Waals surface area contributed by atoms with Crippen LogP contribution in [0, 0.1) is 0 Å². The molecule has 0 atom stereocenters. The van der Waals surface area contributed by atoms with Crippen LogP contribution in [-0.4, -0.2) is 8.42 Å². The van der Waals surface area contributed by atoms with Gasteiger partial charge in [-0.1, -0.05) is 0 Å². The van der Waals surface area contributed by atoms with E-state index in [0.29, 0.717) is 0 Å². The molecule has 0 spiro atoms. The molecule has 0 aliphatic rings. The summed E-state index contributed by atoms with van der Waals surface area (Å²) in [4.78, 5) is 0.273. The number of nitrogen functional groups attached to an aromatic ring is 2. The molecule has 7 heteroatoms. The van der Waals surface area contributed by atoms with Crippen LogP contribution in [0.25, 0.3) is 0 Å². The smallest absolute Gasteiger partial charge is 0.212 e. The molecule has 0 aliphatic heterocycles. The van der Waals surface area contributed by atoms with Gasteiger partial charge in [-0.15, -0.1) is 22.7 Å². The number of hydrogen-bond donors (Lipinski definition) is 2. The van der Waals surface area contributed by atoms with Crippen molar-refractivity contribution in [2.75, 3.05) is 11.5 Å². The van der Waals surface area contributed by atoms with E-state index < -0.39 is 9.84 Å².